The summed E-state index contributed by atoms with van der Waals surface area (Å²) in [4.78, 5) is 18.8. The first-order valence-electron chi connectivity index (χ1n) is 7.56. The van der Waals surface area contributed by atoms with E-state index >= 15 is 0 Å². The average Bonchev–Trinajstić information content (AvgIpc) is 2.67. The van der Waals surface area contributed by atoms with Gasteiger partial charge in [-0.25, -0.2) is 4.57 Å². The van der Waals surface area contributed by atoms with E-state index in [0.29, 0.717) is 6.42 Å². The third kappa shape index (κ3) is 8.28. The molecule has 0 bridgehead atoms. The lowest BCUT2D eigenvalue weighted by Crippen LogP contribution is -2.36. The van der Waals surface area contributed by atoms with Crippen molar-refractivity contribution in [2.45, 2.75) is 51.8 Å². The molecule has 0 amide bonds. The summed E-state index contributed by atoms with van der Waals surface area (Å²) in [6, 6.07) is -0.0547. The molecular formula is C12H27BO8P2. The van der Waals surface area contributed by atoms with E-state index in [-0.39, 0.29) is 37.2 Å². The van der Waals surface area contributed by atoms with Crippen LogP contribution in [0.2, 0.25) is 0 Å². The van der Waals surface area contributed by atoms with Crippen LogP contribution in [0.5, 0.6) is 0 Å². The molecule has 8 nitrogen and oxygen atoms in total. The van der Waals surface area contributed by atoms with E-state index < -0.39 is 21.5 Å². The summed E-state index contributed by atoms with van der Waals surface area (Å²) < 4.78 is 43.5. The van der Waals surface area contributed by atoms with Crippen LogP contribution in [0, 0.1) is 5.41 Å². The molecule has 1 aliphatic heterocycles. The second kappa shape index (κ2) is 8.11. The third-order valence-corrected chi connectivity index (χ3v) is 4.98. The van der Waals surface area contributed by atoms with Crippen LogP contribution in [0.4, 0.5) is 0 Å². The molecule has 1 aliphatic rings. The molecule has 0 aromatic rings. The minimum Gasteiger partial charge on any atom is -0.381 e. The van der Waals surface area contributed by atoms with Gasteiger partial charge in [0.25, 0.3) is 0 Å². The molecule has 0 radical (unpaired) electrons. The molecule has 1 saturated heterocycles. The number of hydrogen-bond donors (Lipinski definition) is 2. The van der Waals surface area contributed by atoms with Gasteiger partial charge in [-0.1, -0.05) is 20.8 Å². The molecule has 0 aromatic heterocycles. The maximum absolute atomic E-state index is 12.0. The van der Waals surface area contributed by atoms with Gasteiger partial charge in [0.15, 0.2) is 0 Å². The summed E-state index contributed by atoms with van der Waals surface area (Å²) in [6.07, 6.45) is -0.106. The molecule has 136 valence electrons. The average molecular weight is 372 g/mol. The van der Waals surface area contributed by atoms with Gasteiger partial charge in [0.05, 0.1) is 25.4 Å². The summed E-state index contributed by atoms with van der Waals surface area (Å²) >= 11 is 0. The summed E-state index contributed by atoms with van der Waals surface area (Å²) in [5.41, 5.74) is -0.229. The Morgan fingerprint density at radius 2 is 1.78 bits per heavy atom. The SMILES string of the molecule is BC1CC(OP(=O)(O)OCCCOP(C)(=O)O)C(C(C)(C)C)O1. The zero-order valence-corrected chi connectivity index (χ0v) is 16.1. The molecule has 1 heterocycles. The van der Waals surface area contributed by atoms with Crippen LogP contribution in [0.1, 0.15) is 33.6 Å². The molecule has 23 heavy (non-hydrogen) atoms. The van der Waals surface area contributed by atoms with Gasteiger partial charge in [-0.3, -0.25) is 13.6 Å². The first kappa shape index (κ1) is 21.3. The van der Waals surface area contributed by atoms with Gasteiger partial charge in [-0.2, -0.15) is 0 Å². The number of ether oxygens (including phenoxy) is 1. The van der Waals surface area contributed by atoms with Gasteiger partial charge in [0.2, 0.25) is 0 Å². The first-order valence-corrected chi connectivity index (χ1v) is 11.1. The van der Waals surface area contributed by atoms with Crippen molar-refractivity contribution in [1.29, 1.82) is 0 Å². The predicted octanol–water partition coefficient (Wildman–Crippen LogP) is 1.50. The summed E-state index contributed by atoms with van der Waals surface area (Å²) in [5, 5.41) is 0. The fraction of sp³-hybridized carbons (Fsp3) is 1.00. The molecule has 1 fully saturated rings. The van der Waals surface area contributed by atoms with Crippen LogP contribution >= 0.6 is 15.4 Å². The lowest BCUT2D eigenvalue weighted by atomic mass is 9.85. The molecular weight excluding hydrogens is 345 g/mol. The van der Waals surface area contributed by atoms with Crippen LogP contribution in [-0.4, -0.2) is 55.7 Å². The van der Waals surface area contributed by atoms with Crippen molar-refractivity contribution in [3.63, 3.8) is 0 Å². The van der Waals surface area contributed by atoms with Gasteiger partial charge in [0, 0.05) is 12.7 Å². The smallest absolute Gasteiger partial charge is 0.381 e. The quantitative estimate of drug-likeness (QED) is 0.375. The summed E-state index contributed by atoms with van der Waals surface area (Å²) in [6.45, 7) is 6.84. The van der Waals surface area contributed by atoms with Crippen molar-refractivity contribution in [3.8, 4) is 0 Å². The topological polar surface area (TPSA) is 112 Å². The van der Waals surface area contributed by atoms with Gasteiger partial charge in [-0.15, -0.1) is 0 Å². The Bertz CT molecular complexity index is 474. The van der Waals surface area contributed by atoms with E-state index in [4.69, 9.17) is 18.7 Å². The summed E-state index contributed by atoms with van der Waals surface area (Å²) in [5.74, 6) is 0. The minimum absolute atomic E-state index is 0.0432. The Labute approximate surface area is 138 Å². The van der Waals surface area contributed by atoms with Crippen LogP contribution in [0.3, 0.4) is 0 Å². The van der Waals surface area contributed by atoms with Gasteiger partial charge < -0.3 is 19.0 Å². The molecule has 11 heteroatoms. The Morgan fingerprint density at radius 3 is 2.30 bits per heavy atom. The zero-order chi connectivity index (χ0) is 17.9. The number of phosphoric ester groups is 1. The van der Waals surface area contributed by atoms with E-state index in [0.717, 1.165) is 6.66 Å². The highest BCUT2D eigenvalue weighted by Crippen LogP contribution is 2.49. The van der Waals surface area contributed by atoms with E-state index in [9.17, 15) is 14.0 Å². The van der Waals surface area contributed by atoms with Crippen LogP contribution in [0.25, 0.3) is 0 Å². The van der Waals surface area contributed by atoms with Crippen molar-refractivity contribution in [3.05, 3.63) is 0 Å². The maximum atomic E-state index is 12.0. The molecule has 1 rings (SSSR count). The molecule has 5 atom stereocenters. The van der Waals surface area contributed by atoms with Crippen molar-refractivity contribution >= 4 is 23.3 Å². The highest BCUT2D eigenvalue weighted by Gasteiger charge is 2.44. The standard InChI is InChI=1S/C12H27BO8P2/c1-12(2,3)11-9(8-10(13)20-11)21-23(16,17)19-7-5-6-18-22(4,14)15/h9-11H,5-8,13H2,1-4H3,(H,14,15)(H,16,17). The number of hydrogen-bond acceptors (Lipinski definition) is 6. The molecule has 0 saturated carbocycles. The Kier molecular flexibility index (Phi) is 7.52. The van der Waals surface area contributed by atoms with E-state index in [1.165, 1.54) is 0 Å². The second-order valence-corrected chi connectivity index (χ2v) is 10.2. The Hall–Kier alpha value is 0.285. The number of phosphoric acid groups is 1. The largest absolute Gasteiger partial charge is 0.472 e. The third-order valence-electron chi connectivity index (χ3n) is 3.28. The van der Waals surface area contributed by atoms with Crippen LogP contribution in [-0.2, 0) is 27.4 Å². The lowest BCUT2D eigenvalue weighted by Gasteiger charge is -2.31. The fourth-order valence-electron chi connectivity index (χ4n) is 2.38. The molecule has 5 unspecified atom stereocenters. The first-order chi connectivity index (χ1) is 10.3. The Morgan fingerprint density at radius 1 is 1.22 bits per heavy atom. The molecule has 2 N–H and O–H groups in total. The van der Waals surface area contributed by atoms with E-state index in [1.54, 1.807) is 0 Å². The number of rotatable bonds is 8. The van der Waals surface area contributed by atoms with Gasteiger partial charge >= 0.3 is 15.4 Å². The van der Waals surface area contributed by atoms with Crippen molar-refractivity contribution in [2.24, 2.45) is 5.41 Å². The molecule has 0 spiro atoms. The molecule has 0 aliphatic carbocycles. The highest BCUT2D eigenvalue weighted by molar-refractivity contribution is 7.51. The van der Waals surface area contributed by atoms with Crippen molar-refractivity contribution in [1.82, 2.24) is 0 Å². The monoisotopic (exact) mass is 372 g/mol. The van der Waals surface area contributed by atoms with Crippen LogP contribution in [0.15, 0.2) is 0 Å². The van der Waals surface area contributed by atoms with Crippen molar-refractivity contribution in [2.75, 3.05) is 19.9 Å². The zero-order valence-electron chi connectivity index (χ0n) is 14.3. The van der Waals surface area contributed by atoms with E-state index in [2.05, 4.69) is 4.52 Å². The van der Waals surface area contributed by atoms with Crippen molar-refractivity contribution < 1.29 is 37.2 Å². The minimum atomic E-state index is -4.22. The lowest BCUT2D eigenvalue weighted by molar-refractivity contribution is -0.0366. The molecule has 0 aromatic carbocycles. The Balaban J connectivity index is 2.45. The van der Waals surface area contributed by atoms with Gasteiger partial charge in [0.1, 0.15) is 7.85 Å². The highest BCUT2D eigenvalue weighted by atomic mass is 31.2. The summed E-state index contributed by atoms with van der Waals surface area (Å²) in [7, 11) is -5.87. The van der Waals surface area contributed by atoms with Crippen LogP contribution < -0.4 is 0 Å². The maximum Gasteiger partial charge on any atom is 0.472 e. The predicted molar refractivity (Wildman–Crippen MR) is 88.2 cm³/mol. The van der Waals surface area contributed by atoms with E-state index in [1.807, 2.05) is 28.6 Å². The fourth-order valence-corrected chi connectivity index (χ4v) is 3.81. The second-order valence-electron chi connectivity index (χ2n) is 6.90. The van der Waals surface area contributed by atoms with Gasteiger partial charge in [-0.05, 0) is 18.3 Å². The normalized spacial score (nSPS) is 30.8.